The number of nitrogens with zero attached hydrogens (tertiary/aromatic N) is 3. The zero-order valence-corrected chi connectivity index (χ0v) is 14.2. The summed E-state index contributed by atoms with van der Waals surface area (Å²) >= 11 is 0. The maximum absolute atomic E-state index is 12.3. The summed E-state index contributed by atoms with van der Waals surface area (Å²) in [5.74, 6) is 0.846. The quantitative estimate of drug-likeness (QED) is 0.724. The van der Waals surface area contributed by atoms with E-state index in [4.69, 9.17) is 4.74 Å². The zero-order valence-electron chi connectivity index (χ0n) is 14.2. The molecule has 2 heterocycles. The minimum Gasteiger partial charge on any atom is -0.497 e. The fraction of sp³-hybridized carbons (Fsp3) is 0.263. The number of hydrogen-bond donors (Lipinski definition) is 0. The van der Waals surface area contributed by atoms with Gasteiger partial charge in [0, 0.05) is 25.4 Å². The molecular formula is C19H21N3O2. The van der Waals surface area contributed by atoms with Crippen molar-refractivity contribution in [3.63, 3.8) is 0 Å². The molecule has 0 fully saturated rings. The Kier molecular flexibility index (Phi) is 4.62. The van der Waals surface area contributed by atoms with E-state index in [1.54, 1.807) is 17.6 Å². The molecule has 3 aromatic rings. The fourth-order valence-electron chi connectivity index (χ4n) is 2.75. The highest BCUT2D eigenvalue weighted by atomic mass is 16.5. The van der Waals surface area contributed by atoms with Gasteiger partial charge in [-0.05, 0) is 43.3 Å². The van der Waals surface area contributed by atoms with Crippen molar-refractivity contribution in [2.45, 2.75) is 20.0 Å². The molecule has 0 amide bonds. The Morgan fingerprint density at radius 1 is 1.17 bits per heavy atom. The van der Waals surface area contributed by atoms with Crippen LogP contribution in [0, 0.1) is 6.92 Å². The lowest BCUT2D eigenvalue weighted by atomic mass is 10.2. The monoisotopic (exact) mass is 323 g/mol. The molecule has 0 unspecified atom stereocenters. The topological polar surface area (TPSA) is 46.8 Å². The van der Waals surface area contributed by atoms with Crippen LogP contribution in [0.3, 0.4) is 0 Å². The number of hydrogen-bond acceptors (Lipinski definition) is 4. The van der Waals surface area contributed by atoms with E-state index in [0.717, 1.165) is 29.1 Å². The third kappa shape index (κ3) is 3.63. The number of aryl methyl sites for hydroxylation is 1. The van der Waals surface area contributed by atoms with Crippen LogP contribution in [0.1, 0.15) is 16.8 Å². The average Bonchev–Trinajstić information content (AvgIpc) is 2.55. The maximum Gasteiger partial charge on any atom is 0.258 e. The summed E-state index contributed by atoms with van der Waals surface area (Å²) in [7, 11) is 3.68. The highest BCUT2D eigenvalue weighted by Crippen LogP contribution is 2.14. The second-order valence-electron chi connectivity index (χ2n) is 6.04. The first-order valence-electron chi connectivity index (χ1n) is 7.85. The molecule has 0 aliphatic carbocycles. The molecule has 24 heavy (non-hydrogen) atoms. The lowest BCUT2D eigenvalue weighted by molar-refractivity contribution is 0.314. The van der Waals surface area contributed by atoms with Crippen LogP contribution < -0.4 is 10.3 Å². The van der Waals surface area contributed by atoms with Crippen LogP contribution >= 0.6 is 0 Å². The summed E-state index contributed by atoms with van der Waals surface area (Å²) < 4.78 is 6.84. The molecule has 0 aliphatic heterocycles. The first-order chi connectivity index (χ1) is 11.5. The number of pyridine rings is 1. The van der Waals surface area contributed by atoms with Gasteiger partial charge in [-0.15, -0.1) is 0 Å². The van der Waals surface area contributed by atoms with E-state index in [1.807, 2.05) is 50.5 Å². The van der Waals surface area contributed by atoms with Crippen LogP contribution in [-0.2, 0) is 13.1 Å². The summed E-state index contributed by atoms with van der Waals surface area (Å²) in [6, 6.07) is 13.4. The van der Waals surface area contributed by atoms with Crippen molar-refractivity contribution in [2.75, 3.05) is 14.2 Å². The average molecular weight is 323 g/mol. The number of methoxy groups -OCH3 is 1. The van der Waals surface area contributed by atoms with Gasteiger partial charge in [0.2, 0.25) is 0 Å². The molecule has 5 nitrogen and oxygen atoms in total. The predicted octanol–water partition coefficient (Wildman–Crippen LogP) is 2.64. The van der Waals surface area contributed by atoms with Crippen molar-refractivity contribution < 1.29 is 4.74 Å². The lowest BCUT2D eigenvalue weighted by Gasteiger charge is -2.17. The van der Waals surface area contributed by atoms with Crippen LogP contribution in [-0.4, -0.2) is 28.4 Å². The van der Waals surface area contributed by atoms with E-state index >= 15 is 0 Å². The number of ether oxygens (including phenoxy) is 1. The van der Waals surface area contributed by atoms with Gasteiger partial charge in [-0.3, -0.25) is 14.1 Å². The van der Waals surface area contributed by atoms with Crippen molar-refractivity contribution in [3.8, 4) is 5.75 Å². The first-order valence-corrected chi connectivity index (χ1v) is 7.85. The number of fused-ring (bicyclic) bond motifs is 1. The van der Waals surface area contributed by atoms with E-state index < -0.39 is 0 Å². The van der Waals surface area contributed by atoms with Crippen molar-refractivity contribution in [1.82, 2.24) is 14.3 Å². The molecule has 0 aliphatic rings. The number of rotatable bonds is 5. The SMILES string of the molecule is COc1cccc(CN(C)Cc2cc(=O)n3cc(C)ccc3n2)c1. The van der Waals surface area contributed by atoms with Gasteiger partial charge >= 0.3 is 0 Å². The molecule has 124 valence electrons. The lowest BCUT2D eigenvalue weighted by Crippen LogP contribution is -2.22. The van der Waals surface area contributed by atoms with Crippen LogP contribution in [0.25, 0.3) is 5.65 Å². The molecule has 0 bridgehead atoms. The zero-order chi connectivity index (χ0) is 17.1. The third-order valence-corrected chi connectivity index (χ3v) is 3.88. The second kappa shape index (κ2) is 6.84. The molecule has 0 saturated carbocycles. The summed E-state index contributed by atoms with van der Waals surface area (Å²) in [6.07, 6.45) is 1.81. The number of aromatic nitrogens is 2. The summed E-state index contributed by atoms with van der Waals surface area (Å²) in [5, 5.41) is 0. The highest BCUT2D eigenvalue weighted by Gasteiger charge is 2.07. The first kappa shape index (κ1) is 16.2. The standard InChI is InChI=1S/C19H21N3O2/c1-14-7-8-18-20-16(10-19(23)22(18)11-14)13-21(2)12-15-5-4-6-17(9-15)24-3/h4-11H,12-13H2,1-3H3. The largest absolute Gasteiger partial charge is 0.497 e. The molecule has 0 atom stereocenters. The Morgan fingerprint density at radius 2 is 2.00 bits per heavy atom. The molecular weight excluding hydrogens is 302 g/mol. The smallest absolute Gasteiger partial charge is 0.258 e. The van der Waals surface area contributed by atoms with Gasteiger partial charge in [0.15, 0.2) is 0 Å². The minimum absolute atomic E-state index is 0.0477. The third-order valence-electron chi connectivity index (χ3n) is 3.88. The Bertz CT molecular complexity index is 918. The molecule has 0 N–H and O–H groups in total. The van der Waals surface area contributed by atoms with Gasteiger partial charge in [0.1, 0.15) is 11.4 Å². The van der Waals surface area contributed by atoms with Gasteiger partial charge in [-0.2, -0.15) is 0 Å². The fourth-order valence-corrected chi connectivity index (χ4v) is 2.75. The number of benzene rings is 1. The van der Waals surface area contributed by atoms with Crippen molar-refractivity contribution in [3.05, 3.63) is 75.8 Å². The highest BCUT2D eigenvalue weighted by molar-refractivity contribution is 5.40. The van der Waals surface area contributed by atoms with Crippen molar-refractivity contribution in [1.29, 1.82) is 0 Å². The van der Waals surface area contributed by atoms with E-state index in [1.165, 1.54) is 0 Å². The van der Waals surface area contributed by atoms with Gasteiger partial charge < -0.3 is 4.74 Å². The van der Waals surface area contributed by atoms with Gasteiger partial charge in [-0.25, -0.2) is 4.98 Å². The summed E-state index contributed by atoms with van der Waals surface area (Å²) in [6.45, 7) is 3.32. The van der Waals surface area contributed by atoms with E-state index in [2.05, 4.69) is 16.0 Å². The Morgan fingerprint density at radius 3 is 2.79 bits per heavy atom. The second-order valence-corrected chi connectivity index (χ2v) is 6.04. The van der Waals surface area contributed by atoms with Crippen LogP contribution in [0.4, 0.5) is 0 Å². The van der Waals surface area contributed by atoms with E-state index in [0.29, 0.717) is 12.2 Å². The Hall–Kier alpha value is -2.66. The Balaban J connectivity index is 1.78. The maximum atomic E-state index is 12.3. The summed E-state index contributed by atoms with van der Waals surface area (Å²) in [5.41, 5.74) is 3.60. The summed E-state index contributed by atoms with van der Waals surface area (Å²) in [4.78, 5) is 19.0. The van der Waals surface area contributed by atoms with Gasteiger partial charge in [0.05, 0.1) is 12.8 Å². The predicted molar refractivity (Wildman–Crippen MR) is 94.4 cm³/mol. The normalized spacial score (nSPS) is 11.2. The molecule has 5 heteroatoms. The van der Waals surface area contributed by atoms with Crippen LogP contribution in [0.2, 0.25) is 0 Å². The molecule has 0 spiro atoms. The molecule has 3 rings (SSSR count). The minimum atomic E-state index is -0.0477. The van der Waals surface area contributed by atoms with E-state index in [-0.39, 0.29) is 5.56 Å². The van der Waals surface area contributed by atoms with E-state index in [9.17, 15) is 4.79 Å². The molecule has 1 aromatic carbocycles. The van der Waals surface area contributed by atoms with Crippen molar-refractivity contribution >= 4 is 5.65 Å². The molecule has 2 aromatic heterocycles. The molecule has 0 radical (unpaired) electrons. The molecule has 0 saturated heterocycles. The van der Waals surface area contributed by atoms with Crippen molar-refractivity contribution in [2.24, 2.45) is 0 Å². The Labute approximate surface area is 141 Å². The van der Waals surface area contributed by atoms with Crippen LogP contribution in [0.15, 0.2) is 53.5 Å². The van der Waals surface area contributed by atoms with Gasteiger partial charge in [0.25, 0.3) is 5.56 Å². The van der Waals surface area contributed by atoms with Gasteiger partial charge in [-0.1, -0.05) is 18.2 Å². The van der Waals surface area contributed by atoms with Crippen LogP contribution in [0.5, 0.6) is 5.75 Å².